The van der Waals surface area contributed by atoms with Gasteiger partial charge in [0, 0.05) is 37.4 Å². The minimum absolute atomic E-state index is 0.0693. The van der Waals surface area contributed by atoms with Crippen molar-refractivity contribution >= 4 is 23.2 Å². The van der Waals surface area contributed by atoms with Crippen LogP contribution in [0.2, 0.25) is 0 Å². The van der Waals surface area contributed by atoms with Crippen LogP contribution in [-0.4, -0.2) is 45.6 Å². The third kappa shape index (κ3) is 5.14. The third-order valence-corrected chi connectivity index (χ3v) is 10.6. The number of carbonyl (C=O) groups excluding carboxylic acids is 2. The maximum absolute atomic E-state index is 14.0. The van der Waals surface area contributed by atoms with E-state index >= 15 is 0 Å². The molecular weight excluding hydrogens is 617 g/mol. The number of carbonyl (C=O) groups is 2. The molecule has 47 heavy (non-hydrogen) atoms. The number of hydrogen-bond donors (Lipinski definition) is 1. The summed E-state index contributed by atoms with van der Waals surface area (Å²) in [7, 11) is 1.69. The van der Waals surface area contributed by atoms with Gasteiger partial charge in [-0.3, -0.25) is 14.6 Å². The van der Waals surface area contributed by atoms with Crippen molar-refractivity contribution in [2.24, 2.45) is 0 Å². The average Bonchev–Trinajstić information content (AvgIpc) is 3.92. The van der Waals surface area contributed by atoms with Crippen molar-refractivity contribution in [3.05, 3.63) is 111 Å². The number of halogens is 1. The smallest absolute Gasteiger partial charge is 0.261 e. The highest BCUT2D eigenvalue weighted by atomic mass is 32.1. The molecule has 1 unspecified atom stereocenters. The molecule has 0 radical (unpaired) electrons. The maximum atomic E-state index is 14.0. The highest BCUT2D eigenvalue weighted by molar-refractivity contribution is 7.17. The Bertz CT molecular complexity index is 2020. The van der Waals surface area contributed by atoms with Gasteiger partial charge >= 0.3 is 0 Å². The van der Waals surface area contributed by atoms with Gasteiger partial charge in [-0.25, -0.2) is 4.39 Å². The van der Waals surface area contributed by atoms with Crippen molar-refractivity contribution in [2.45, 2.75) is 57.2 Å². The van der Waals surface area contributed by atoms with E-state index in [1.165, 1.54) is 23.5 Å². The van der Waals surface area contributed by atoms with Crippen molar-refractivity contribution < 1.29 is 23.1 Å². The molecule has 2 amide bonds. The predicted molar refractivity (Wildman–Crippen MR) is 173 cm³/mol. The summed E-state index contributed by atoms with van der Waals surface area (Å²) in [6, 6.07) is 17.9. The lowest BCUT2D eigenvalue weighted by Gasteiger charge is -2.16. The minimum atomic E-state index is -0.290. The molecule has 3 atom stereocenters. The summed E-state index contributed by atoms with van der Waals surface area (Å²) in [4.78, 5) is 36.1. The number of benzene rings is 2. The Morgan fingerprint density at radius 1 is 1.04 bits per heavy atom. The van der Waals surface area contributed by atoms with Crippen LogP contribution in [0.1, 0.15) is 91.4 Å². The van der Waals surface area contributed by atoms with E-state index in [1.54, 1.807) is 32.2 Å². The van der Waals surface area contributed by atoms with Crippen molar-refractivity contribution in [2.75, 3.05) is 13.7 Å². The summed E-state index contributed by atoms with van der Waals surface area (Å²) < 4.78 is 25.3. The zero-order valence-electron chi connectivity index (χ0n) is 26.0. The molecule has 3 aromatic heterocycles. The molecule has 0 saturated carbocycles. The Hall–Kier alpha value is -4.74. The highest BCUT2D eigenvalue weighted by Gasteiger charge is 2.45. The van der Waals surface area contributed by atoms with E-state index in [0.717, 1.165) is 45.8 Å². The summed E-state index contributed by atoms with van der Waals surface area (Å²) in [5.74, 6) is 0.110. The SMILES string of the molecule is CO[C@H]1CC(NC(=O)c2ccc(-c3c4c(nc(CCc5ccc(F)cc5)c3-c3nnc(C)o3)[C@@H]3CCCN3C4=O)s2)c2ccccc21. The predicted octanol–water partition coefficient (Wildman–Crippen LogP) is 6.95. The number of aromatic nitrogens is 3. The number of amides is 2. The van der Waals surface area contributed by atoms with E-state index < -0.39 is 0 Å². The monoisotopic (exact) mass is 649 g/mol. The van der Waals surface area contributed by atoms with Crippen LogP contribution in [0.25, 0.3) is 21.9 Å². The number of methoxy groups -OCH3 is 1. The minimum Gasteiger partial charge on any atom is -0.421 e. The number of rotatable bonds is 8. The van der Waals surface area contributed by atoms with Gasteiger partial charge < -0.3 is 19.4 Å². The van der Waals surface area contributed by atoms with E-state index in [2.05, 4.69) is 15.5 Å². The molecule has 2 aromatic carbocycles. The van der Waals surface area contributed by atoms with Gasteiger partial charge in [0.25, 0.3) is 11.8 Å². The number of ether oxygens (including phenoxy) is 1. The lowest BCUT2D eigenvalue weighted by Crippen LogP contribution is -2.26. The van der Waals surface area contributed by atoms with E-state index in [4.69, 9.17) is 14.1 Å². The molecule has 11 heteroatoms. The second-order valence-corrected chi connectivity index (χ2v) is 13.3. The Balaban J connectivity index is 1.21. The average molecular weight is 650 g/mol. The third-order valence-electron chi connectivity index (χ3n) is 9.48. The largest absolute Gasteiger partial charge is 0.421 e. The van der Waals surface area contributed by atoms with Gasteiger partial charge in [0.2, 0.25) is 11.8 Å². The van der Waals surface area contributed by atoms with Crippen LogP contribution in [-0.2, 0) is 17.6 Å². The lowest BCUT2D eigenvalue weighted by molar-refractivity contribution is 0.0775. The van der Waals surface area contributed by atoms with Crippen LogP contribution in [0.3, 0.4) is 0 Å². The van der Waals surface area contributed by atoms with Gasteiger partial charge in [-0.1, -0.05) is 36.4 Å². The first-order chi connectivity index (χ1) is 22.9. The zero-order valence-corrected chi connectivity index (χ0v) is 26.8. The Kier molecular flexibility index (Phi) is 7.45. The molecule has 2 aliphatic heterocycles. The quantitative estimate of drug-likeness (QED) is 0.194. The van der Waals surface area contributed by atoms with Crippen LogP contribution in [0, 0.1) is 12.7 Å². The molecule has 5 heterocycles. The number of nitrogens with zero attached hydrogens (tertiary/aromatic N) is 4. The molecule has 238 valence electrons. The van der Waals surface area contributed by atoms with Gasteiger partial charge in [0.15, 0.2) is 0 Å². The van der Waals surface area contributed by atoms with Crippen LogP contribution in [0.15, 0.2) is 65.1 Å². The topological polar surface area (TPSA) is 110 Å². The van der Waals surface area contributed by atoms with Gasteiger partial charge in [0.1, 0.15) is 5.82 Å². The van der Waals surface area contributed by atoms with E-state index in [-0.39, 0.29) is 41.7 Å². The molecule has 1 saturated heterocycles. The number of hydrogen-bond acceptors (Lipinski definition) is 8. The zero-order chi connectivity index (χ0) is 32.2. The molecule has 9 nitrogen and oxygen atoms in total. The number of thiophene rings is 1. The van der Waals surface area contributed by atoms with Gasteiger partial charge in [-0.2, -0.15) is 0 Å². The van der Waals surface area contributed by atoms with Crippen LogP contribution >= 0.6 is 11.3 Å². The first-order valence-electron chi connectivity index (χ1n) is 15.8. The Morgan fingerprint density at radius 3 is 2.62 bits per heavy atom. The molecule has 0 spiro atoms. The van der Waals surface area contributed by atoms with Gasteiger partial charge in [-0.05, 0) is 66.6 Å². The molecule has 1 N–H and O–H groups in total. The first-order valence-corrected chi connectivity index (χ1v) is 16.7. The fourth-order valence-electron chi connectivity index (χ4n) is 7.29. The normalized spacial score (nSPS) is 19.6. The van der Waals surface area contributed by atoms with Gasteiger partial charge in [-0.15, -0.1) is 21.5 Å². The van der Waals surface area contributed by atoms with E-state index in [1.807, 2.05) is 35.2 Å². The maximum Gasteiger partial charge on any atom is 0.261 e. The van der Waals surface area contributed by atoms with Crippen molar-refractivity contribution in [3.63, 3.8) is 0 Å². The van der Waals surface area contributed by atoms with Crippen molar-refractivity contribution in [1.82, 2.24) is 25.4 Å². The standard InChI is InChI=1S/C36H32FN5O4S/c1-19-40-41-35(46-19)30-24(14-11-20-9-12-21(37)13-10-20)38-33-26-8-5-17-42(26)36(44)32(33)31(30)28-15-16-29(47-28)34(43)39-25-18-27(45-2)23-7-4-3-6-22(23)25/h3-4,6-7,9-10,12-13,15-16,25-27H,5,8,11,14,17-18H2,1-2H3,(H,39,43)/t25?,26-,27-/m0/s1. The lowest BCUT2D eigenvalue weighted by atomic mass is 9.93. The second kappa shape index (κ2) is 11.8. The molecule has 0 bridgehead atoms. The first kappa shape index (κ1) is 29.6. The fourth-order valence-corrected chi connectivity index (χ4v) is 8.26. The van der Waals surface area contributed by atoms with Crippen LogP contribution < -0.4 is 5.32 Å². The number of nitrogens with one attached hydrogen (secondary N) is 1. The molecule has 8 rings (SSSR count). The second-order valence-electron chi connectivity index (χ2n) is 12.3. The summed E-state index contributed by atoms with van der Waals surface area (Å²) >= 11 is 1.33. The summed E-state index contributed by atoms with van der Waals surface area (Å²) in [6.07, 6.45) is 3.43. The van der Waals surface area contributed by atoms with E-state index in [9.17, 15) is 14.0 Å². The summed E-state index contributed by atoms with van der Waals surface area (Å²) in [6.45, 7) is 2.39. The molecule has 1 aliphatic carbocycles. The Morgan fingerprint density at radius 2 is 1.85 bits per heavy atom. The molecule has 3 aliphatic rings. The van der Waals surface area contributed by atoms with Crippen molar-refractivity contribution in [3.8, 4) is 21.9 Å². The molecular formula is C36H32FN5O4S. The summed E-state index contributed by atoms with van der Waals surface area (Å²) in [5.41, 5.74) is 6.39. The van der Waals surface area contributed by atoms with Crippen molar-refractivity contribution in [1.29, 1.82) is 0 Å². The number of pyridine rings is 1. The summed E-state index contributed by atoms with van der Waals surface area (Å²) in [5, 5.41) is 11.7. The van der Waals surface area contributed by atoms with Gasteiger partial charge in [0.05, 0.1) is 45.6 Å². The van der Waals surface area contributed by atoms with Crippen LogP contribution in [0.4, 0.5) is 4.39 Å². The highest BCUT2D eigenvalue weighted by Crippen LogP contribution is 2.49. The molecule has 5 aromatic rings. The fraction of sp³-hybridized carbons (Fsp3) is 0.306. The molecule has 1 fully saturated rings. The van der Waals surface area contributed by atoms with E-state index in [0.29, 0.717) is 53.3 Å². The van der Waals surface area contributed by atoms with Crippen LogP contribution in [0.5, 0.6) is 0 Å². The number of fused-ring (bicyclic) bond motifs is 4. The Labute approximate surface area is 274 Å². The number of aryl methyl sites for hydroxylation is 3.